The average Bonchev–Trinajstić information content (AvgIpc) is 3.16. The van der Waals surface area contributed by atoms with Crippen molar-refractivity contribution in [3.8, 4) is 0 Å². The van der Waals surface area contributed by atoms with Crippen molar-refractivity contribution in [2.45, 2.75) is 25.1 Å². The molecule has 0 spiro atoms. The van der Waals surface area contributed by atoms with Gasteiger partial charge in [-0.05, 0) is 24.1 Å². The van der Waals surface area contributed by atoms with Gasteiger partial charge in [0.1, 0.15) is 5.69 Å². The number of hydrogen-bond donors (Lipinski definition) is 3. The molecule has 0 bridgehead atoms. The fourth-order valence-corrected chi connectivity index (χ4v) is 2.96. The molecule has 2 atom stereocenters. The van der Waals surface area contributed by atoms with Crippen molar-refractivity contribution in [1.29, 1.82) is 0 Å². The predicted molar refractivity (Wildman–Crippen MR) is 84.4 cm³/mol. The highest BCUT2D eigenvalue weighted by Gasteiger charge is 2.31. The van der Waals surface area contributed by atoms with Crippen LogP contribution in [0.1, 0.15) is 22.5 Å². The molecule has 5 nitrogen and oxygen atoms in total. The summed E-state index contributed by atoms with van der Waals surface area (Å²) in [5.41, 5.74) is 1.78. The van der Waals surface area contributed by atoms with Gasteiger partial charge >= 0.3 is 0 Å². The minimum absolute atomic E-state index is 0.106. The molecule has 22 heavy (non-hydrogen) atoms. The van der Waals surface area contributed by atoms with Gasteiger partial charge in [-0.25, -0.2) is 0 Å². The summed E-state index contributed by atoms with van der Waals surface area (Å²) in [5, 5.41) is 12.9. The molecule has 3 rings (SSSR count). The van der Waals surface area contributed by atoms with E-state index in [0.717, 1.165) is 6.54 Å². The van der Waals surface area contributed by atoms with Crippen LogP contribution in [0, 0.1) is 0 Å². The Bertz CT molecular complexity index is 598. The molecular weight excluding hydrogens is 278 g/mol. The maximum atomic E-state index is 12.0. The maximum absolute atomic E-state index is 12.0. The topological polar surface area (TPSA) is 68.4 Å². The van der Waals surface area contributed by atoms with Crippen molar-refractivity contribution in [3.63, 3.8) is 0 Å². The normalized spacial score (nSPS) is 21.9. The Morgan fingerprint density at radius 2 is 2.09 bits per heavy atom. The number of amides is 1. The van der Waals surface area contributed by atoms with Crippen LogP contribution in [0.2, 0.25) is 0 Å². The third-order valence-electron chi connectivity index (χ3n) is 4.08. The van der Waals surface area contributed by atoms with E-state index in [1.165, 1.54) is 5.56 Å². The second-order valence-electron chi connectivity index (χ2n) is 5.75. The van der Waals surface area contributed by atoms with Gasteiger partial charge in [0.15, 0.2) is 0 Å². The summed E-state index contributed by atoms with van der Waals surface area (Å²) >= 11 is 0. The Balaban J connectivity index is 1.58. The van der Waals surface area contributed by atoms with E-state index in [9.17, 15) is 9.90 Å². The van der Waals surface area contributed by atoms with Crippen LogP contribution < -0.4 is 5.32 Å². The second kappa shape index (κ2) is 6.77. The molecule has 116 valence electrons. The fourth-order valence-electron chi connectivity index (χ4n) is 2.96. The molecule has 0 radical (unpaired) electrons. The second-order valence-corrected chi connectivity index (χ2v) is 5.75. The van der Waals surface area contributed by atoms with E-state index in [1.54, 1.807) is 18.3 Å². The summed E-state index contributed by atoms with van der Waals surface area (Å²) in [5.74, 6) is -0.106. The number of nitrogens with one attached hydrogen (secondary N) is 2. The van der Waals surface area contributed by atoms with Gasteiger partial charge in [-0.15, -0.1) is 0 Å². The zero-order valence-corrected chi connectivity index (χ0v) is 12.4. The van der Waals surface area contributed by atoms with E-state index < -0.39 is 0 Å². The minimum Gasteiger partial charge on any atom is -0.392 e. The highest BCUT2D eigenvalue weighted by atomic mass is 16.3. The van der Waals surface area contributed by atoms with Crippen LogP contribution in [0.25, 0.3) is 0 Å². The Morgan fingerprint density at radius 3 is 2.82 bits per heavy atom. The molecule has 1 aromatic heterocycles. The van der Waals surface area contributed by atoms with Crippen molar-refractivity contribution < 1.29 is 9.90 Å². The van der Waals surface area contributed by atoms with Gasteiger partial charge in [-0.3, -0.25) is 9.69 Å². The van der Waals surface area contributed by atoms with Gasteiger partial charge in [-0.1, -0.05) is 30.3 Å². The van der Waals surface area contributed by atoms with Crippen molar-refractivity contribution >= 4 is 5.91 Å². The van der Waals surface area contributed by atoms with Gasteiger partial charge in [0.05, 0.1) is 6.10 Å². The number of β-amino-alcohol motifs (C(OH)–C–C–N with tert-alkyl or cyclic N) is 1. The summed E-state index contributed by atoms with van der Waals surface area (Å²) < 4.78 is 0. The van der Waals surface area contributed by atoms with Crippen LogP contribution >= 0.6 is 0 Å². The average molecular weight is 299 g/mol. The number of aliphatic hydroxyl groups excluding tert-OH is 1. The molecule has 1 saturated heterocycles. The summed E-state index contributed by atoms with van der Waals surface area (Å²) in [6.07, 6.45) is 2.10. The highest BCUT2D eigenvalue weighted by molar-refractivity contribution is 5.92. The zero-order chi connectivity index (χ0) is 15.4. The summed E-state index contributed by atoms with van der Waals surface area (Å²) in [6, 6.07) is 13.9. The largest absolute Gasteiger partial charge is 0.392 e. The van der Waals surface area contributed by atoms with Crippen LogP contribution in [-0.4, -0.2) is 46.1 Å². The minimum atomic E-state index is -0.323. The first-order valence-corrected chi connectivity index (χ1v) is 7.60. The van der Waals surface area contributed by atoms with Gasteiger partial charge in [0.25, 0.3) is 5.91 Å². The summed E-state index contributed by atoms with van der Waals surface area (Å²) in [7, 11) is 0. The molecule has 1 fully saturated rings. The lowest BCUT2D eigenvalue weighted by atomic mass is 10.1. The molecule has 0 saturated carbocycles. The van der Waals surface area contributed by atoms with E-state index in [-0.39, 0.29) is 18.1 Å². The van der Waals surface area contributed by atoms with Gasteiger partial charge < -0.3 is 15.4 Å². The Kier molecular flexibility index (Phi) is 4.56. The van der Waals surface area contributed by atoms with E-state index in [2.05, 4.69) is 27.3 Å². The van der Waals surface area contributed by atoms with E-state index in [4.69, 9.17) is 0 Å². The third-order valence-corrected chi connectivity index (χ3v) is 4.08. The third kappa shape index (κ3) is 3.55. The molecule has 0 aliphatic carbocycles. The van der Waals surface area contributed by atoms with Crippen LogP contribution in [0.4, 0.5) is 0 Å². The highest BCUT2D eigenvalue weighted by Crippen LogP contribution is 2.20. The van der Waals surface area contributed by atoms with Crippen molar-refractivity contribution in [3.05, 3.63) is 59.9 Å². The van der Waals surface area contributed by atoms with E-state index in [0.29, 0.717) is 25.2 Å². The van der Waals surface area contributed by atoms with Crippen LogP contribution in [-0.2, 0) is 6.54 Å². The number of likely N-dealkylation sites (tertiary alicyclic amines) is 1. The van der Waals surface area contributed by atoms with Crippen molar-refractivity contribution in [2.24, 2.45) is 0 Å². The number of aromatic amines is 1. The SMILES string of the molecule is O=C(NCC1CC(O)CN1Cc1ccccc1)c1ccc[nH]1. The van der Waals surface area contributed by atoms with Gasteiger partial charge in [0, 0.05) is 31.9 Å². The summed E-state index contributed by atoms with van der Waals surface area (Å²) in [4.78, 5) is 17.1. The van der Waals surface area contributed by atoms with Crippen LogP contribution in [0.15, 0.2) is 48.7 Å². The number of benzene rings is 1. The Morgan fingerprint density at radius 1 is 1.27 bits per heavy atom. The first-order chi connectivity index (χ1) is 10.7. The Labute approximate surface area is 130 Å². The van der Waals surface area contributed by atoms with Crippen LogP contribution in [0.3, 0.4) is 0 Å². The first kappa shape index (κ1) is 14.8. The molecule has 2 aromatic rings. The maximum Gasteiger partial charge on any atom is 0.267 e. The molecular formula is C17H21N3O2. The number of aliphatic hydroxyl groups is 1. The monoisotopic (exact) mass is 299 g/mol. The quantitative estimate of drug-likeness (QED) is 0.781. The molecule has 1 aliphatic rings. The van der Waals surface area contributed by atoms with E-state index in [1.807, 2.05) is 18.2 Å². The molecule has 1 aliphatic heterocycles. The number of nitrogens with zero attached hydrogens (tertiary/aromatic N) is 1. The van der Waals surface area contributed by atoms with Crippen LogP contribution in [0.5, 0.6) is 0 Å². The molecule has 1 amide bonds. The predicted octanol–water partition coefficient (Wildman–Crippen LogP) is 1.38. The number of hydrogen-bond acceptors (Lipinski definition) is 3. The number of carbonyl (C=O) groups excluding carboxylic acids is 1. The number of H-pyrrole nitrogens is 1. The number of aromatic nitrogens is 1. The molecule has 2 unspecified atom stereocenters. The van der Waals surface area contributed by atoms with Gasteiger partial charge in [0.2, 0.25) is 0 Å². The Hall–Kier alpha value is -2.11. The van der Waals surface area contributed by atoms with Crippen molar-refractivity contribution in [1.82, 2.24) is 15.2 Å². The zero-order valence-electron chi connectivity index (χ0n) is 12.4. The first-order valence-electron chi connectivity index (χ1n) is 7.60. The summed E-state index contributed by atoms with van der Waals surface area (Å²) in [6.45, 7) is 1.99. The number of rotatable bonds is 5. The van der Waals surface area contributed by atoms with Gasteiger partial charge in [-0.2, -0.15) is 0 Å². The lowest BCUT2D eigenvalue weighted by Gasteiger charge is -2.24. The molecule has 2 heterocycles. The molecule has 3 N–H and O–H groups in total. The standard InChI is InChI=1S/C17H21N3O2/c21-15-9-14(10-19-17(22)16-7-4-8-18-16)20(12-15)11-13-5-2-1-3-6-13/h1-8,14-15,18,21H,9-12H2,(H,19,22). The molecule has 5 heteroatoms. The molecule has 1 aromatic carbocycles. The number of carbonyl (C=O) groups is 1. The lowest BCUT2D eigenvalue weighted by molar-refractivity contribution is 0.0935. The van der Waals surface area contributed by atoms with Crippen molar-refractivity contribution in [2.75, 3.05) is 13.1 Å². The smallest absolute Gasteiger partial charge is 0.267 e. The fraction of sp³-hybridized carbons (Fsp3) is 0.353. The lowest BCUT2D eigenvalue weighted by Crippen LogP contribution is -2.39. The van der Waals surface area contributed by atoms with E-state index >= 15 is 0 Å².